The normalized spacial score (nSPS) is 12.7. The van der Waals surface area contributed by atoms with E-state index < -0.39 is 0 Å². The van der Waals surface area contributed by atoms with Gasteiger partial charge in [0.15, 0.2) is 5.78 Å². The molecule has 0 saturated carbocycles. The fraction of sp³-hybridized carbons (Fsp3) is 0. The van der Waals surface area contributed by atoms with E-state index in [1.54, 1.807) is 12.2 Å². The van der Waals surface area contributed by atoms with Crippen LogP contribution in [0.15, 0.2) is 93.5 Å². The van der Waals surface area contributed by atoms with Crippen molar-refractivity contribution in [2.45, 2.75) is 0 Å². The van der Waals surface area contributed by atoms with Crippen LogP contribution in [0, 0.1) is 0 Å². The molecule has 0 aliphatic carbocycles. The van der Waals surface area contributed by atoms with Gasteiger partial charge in [-0.3, -0.25) is 4.79 Å². The third-order valence-corrected chi connectivity index (χ3v) is 4.01. The lowest BCUT2D eigenvalue weighted by atomic mass is 10.2. The first-order valence-corrected chi connectivity index (χ1v) is 8.45. The summed E-state index contributed by atoms with van der Waals surface area (Å²) in [5.74, 6) is 0.675. The van der Waals surface area contributed by atoms with Crippen LogP contribution in [0.25, 0.3) is 34.1 Å². The molecule has 0 saturated heterocycles. The van der Waals surface area contributed by atoms with Crippen LogP contribution in [-0.2, 0) is 4.79 Å². The molecular weight excluding hydrogens is 340 g/mol. The first-order valence-electron chi connectivity index (χ1n) is 8.45. The quantitative estimate of drug-likeness (QED) is 0.274. The molecule has 0 bridgehead atoms. The van der Waals surface area contributed by atoms with Gasteiger partial charge >= 0.3 is 0 Å². The molecule has 4 aromatic rings. The van der Waals surface area contributed by atoms with Crippen LogP contribution >= 0.6 is 0 Å². The first kappa shape index (κ1) is 16.7. The van der Waals surface area contributed by atoms with Crippen LogP contribution in [0.5, 0.6) is 0 Å². The summed E-state index contributed by atoms with van der Waals surface area (Å²) in [6, 6.07) is 19.0. The molecule has 27 heavy (non-hydrogen) atoms. The van der Waals surface area contributed by atoms with Crippen molar-refractivity contribution >= 4 is 39.9 Å². The summed E-state index contributed by atoms with van der Waals surface area (Å²) < 4.78 is 11.2. The Morgan fingerprint density at radius 2 is 1.30 bits per heavy atom. The average molecular weight is 356 g/mol. The fourth-order valence-corrected chi connectivity index (χ4v) is 2.74. The first-order chi connectivity index (χ1) is 13.2. The molecule has 0 radical (unpaired) electrons. The zero-order valence-corrected chi connectivity index (χ0v) is 14.3. The number of allylic oxidation sites excluding steroid dienone is 3. The number of ketones is 1. The number of hydrogen-bond donors (Lipinski definition) is 1. The molecule has 0 fully saturated rings. The van der Waals surface area contributed by atoms with E-state index in [2.05, 4.69) is 0 Å². The van der Waals surface area contributed by atoms with Gasteiger partial charge in [0.1, 0.15) is 28.4 Å². The zero-order valence-electron chi connectivity index (χ0n) is 14.3. The third kappa shape index (κ3) is 3.90. The predicted octanol–water partition coefficient (Wildman–Crippen LogP) is 5.92. The Morgan fingerprint density at radius 1 is 0.778 bits per heavy atom. The molecule has 0 aliphatic rings. The van der Waals surface area contributed by atoms with Gasteiger partial charge < -0.3 is 13.9 Å². The topological polar surface area (TPSA) is 63.6 Å². The van der Waals surface area contributed by atoms with Gasteiger partial charge in [-0.1, -0.05) is 36.4 Å². The molecule has 4 nitrogen and oxygen atoms in total. The molecule has 1 N–H and O–H groups in total. The Labute approximate surface area is 155 Å². The van der Waals surface area contributed by atoms with Crippen molar-refractivity contribution in [2.24, 2.45) is 0 Å². The lowest BCUT2D eigenvalue weighted by Gasteiger charge is -1.89. The Hall–Kier alpha value is -3.79. The number of hydrogen-bond acceptors (Lipinski definition) is 4. The van der Waals surface area contributed by atoms with E-state index >= 15 is 0 Å². The summed E-state index contributed by atoms with van der Waals surface area (Å²) in [5.41, 5.74) is 1.53. The van der Waals surface area contributed by atoms with Crippen LogP contribution in [0.3, 0.4) is 0 Å². The second-order valence-electron chi connectivity index (χ2n) is 6.01. The van der Waals surface area contributed by atoms with Gasteiger partial charge in [0.2, 0.25) is 0 Å². The van der Waals surface area contributed by atoms with Gasteiger partial charge in [-0.05, 0) is 48.6 Å². The number of rotatable bonds is 5. The Balaban J connectivity index is 1.44. The summed E-state index contributed by atoms with van der Waals surface area (Å²) in [7, 11) is 0. The minimum Gasteiger partial charge on any atom is -0.508 e. The maximum absolute atomic E-state index is 12.0. The van der Waals surface area contributed by atoms with Crippen LogP contribution in [0.4, 0.5) is 0 Å². The summed E-state index contributed by atoms with van der Waals surface area (Å²) >= 11 is 0. The van der Waals surface area contributed by atoms with Crippen LogP contribution in [0.1, 0.15) is 11.5 Å². The maximum atomic E-state index is 12.0. The molecule has 0 unspecified atom stereocenters. The predicted molar refractivity (Wildman–Crippen MR) is 106 cm³/mol. The van der Waals surface area contributed by atoms with Crippen molar-refractivity contribution in [3.63, 3.8) is 0 Å². The Morgan fingerprint density at radius 3 is 1.85 bits per heavy atom. The minimum atomic E-state index is -0.345. The highest BCUT2D eigenvalue weighted by atomic mass is 16.3. The maximum Gasteiger partial charge on any atom is 0.182 e. The van der Waals surface area contributed by atoms with Crippen molar-refractivity contribution in [3.05, 3.63) is 96.2 Å². The number of furan rings is 2. The standard InChI is InChI=1S/C23H16O4/c24-18(9-11-20-13-16-5-1-3-7-22(16)26-20)15-19(25)10-12-21-14-17-6-2-4-8-23(17)27-21/h1-15,24H/b11-9+,12-10+,18-15?. The Kier molecular flexibility index (Phi) is 4.45. The van der Waals surface area contributed by atoms with Gasteiger partial charge in [0.05, 0.1) is 0 Å². The molecule has 0 spiro atoms. The van der Waals surface area contributed by atoms with Crippen LogP contribution in [-0.4, -0.2) is 10.9 Å². The second-order valence-corrected chi connectivity index (χ2v) is 6.01. The lowest BCUT2D eigenvalue weighted by Crippen LogP contribution is -1.88. The minimum absolute atomic E-state index is 0.158. The lowest BCUT2D eigenvalue weighted by molar-refractivity contribution is -0.110. The van der Waals surface area contributed by atoms with Crippen LogP contribution < -0.4 is 0 Å². The van der Waals surface area contributed by atoms with Crippen molar-refractivity contribution in [2.75, 3.05) is 0 Å². The van der Waals surface area contributed by atoms with Gasteiger partial charge in [-0.2, -0.15) is 0 Å². The van der Waals surface area contributed by atoms with Gasteiger partial charge in [0, 0.05) is 16.8 Å². The monoisotopic (exact) mass is 356 g/mol. The molecule has 0 amide bonds. The number of carbonyl (C=O) groups excluding carboxylic acids is 1. The highest BCUT2D eigenvalue weighted by Crippen LogP contribution is 2.21. The average Bonchev–Trinajstić information content (AvgIpc) is 3.27. The van der Waals surface area contributed by atoms with E-state index in [9.17, 15) is 9.90 Å². The molecule has 4 rings (SSSR count). The number of para-hydroxylation sites is 2. The molecule has 132 valence electrons. The summed E-state index contributed by atoms with van der Waals surface area (Å²) in [5, 5.41) is 11.9. The number of aliphatic hydroxyl groups is 1. The number of fused-ring (bicyclic) bond motifs is 2. The number of carbonyl (C=O) groups is 1. The van der Waals surface area contributed by atoms with E-state index in [0.29, 0.717) is 11.5 Å². The zero-order chi connectivity index (χ0) is 18.6. The van der Waals surface area contributed by atoms with Crippen molar-refractivity contribution in [3.8, 4) is 0 Å². The number of aliphatic hydroxyl groups excluding tert-OH is 1. The molecular formula is C23H16O4. The second kappa shape index (κ2) is 7.22. The van der Waals surface area contributed by atoms with E-state index in [0.717, 1.165) is 28.0 Å². The molecule has 0 atom stereocenters. The smallest absolute Gasteiger partial charge is 0.182 e. The third-order valence-electron chi connectivity index (χ3n) is 4.01. The Bertz CT molecular complexity index is 1140. The van der Waals surface area contributed by atoms with Crippen LogP contribution in [0.2, 0.25) is 0 Å². The highest BCUT2D eigenvalue weighted by molar-refractivity contribution is 6.02. The molecule has 2 aromatic carbocycles. The summed E-state index contributed by atoms with van der Waals surface area (Å²) in [4.78, 5) is 12.0. The molecule has 0 aliphatic heterocycles. The van der Waals surface area contributed by atoms with E-state index in [-0.39, 0.29) is 11.5 Å². The highest BCUT2D eigenvalue weighted by Gasteiger charge is 2.02. The molecule has 4 heteroatoms. The largest absolute Gasteiger partial charge is 0.508 e. The SMILES string of the molecule is O=C(C=C(O)/C=C/c1cc2ccccc2o1)/C=C/c1cc2ccccc2o1. The van der Waals surface area contributed by atoms with E-state index in [4.69, 9.17) is 8.83 Å². The molecule has 2 aromatic heterocycles. The van der Waals surface area contributed by atoms with Crippen molar-refractivity contribution in [1.82, 2.24) is 0 Å². The van der Waals surface area contributed by atoms with Crippen molar-refractivity contribution in [1.29, 1.82) is 0 Å². The fourth-order valence-electron chi connectivity index (χ4n) is 2.74. The van der Waals surface area contributed by atoms with E-state index in [1.165, 1.54) is 12.2 Å². The van der Waals surface area contributed by atoms with Gasteiger partial charge in [-0.15, -0.1) is 0 Å². The van der Waals surface area contributed by atoms with Gasteiger partial charge in [0.25, 0.3) is 0 Å². The van der Waals surface area contributed by atoms with E-state index in [1.807, 2.05) is 60.7 Å². The van der Waals surface area contributed by atoms with Crippen molar-refractivity contribution < 1.29 is 18.7 Å². The van der Waals surface area contributed by atoms with Gasteiger partial charge in [-0.25, -0.2) is 0 Å². The summed E-state index contributed by atoms with van der Waals surface area (Å²) in [6.45, 7) is 0. The molecule has 2 heterocycles. The summed E-state index contributed by atoms with van der Waals surface area (Å²) in [6.07, 6.45) is 7.10. The number of benzene rings is 2.